The van der Waals surface area contributed by atoms with Gasteiger partial charge in [0, 0.05) is 12.6 Å². The summed E-state index contributed by atoms with van der Waals surface area (Å²) in [5, 5.41) is 6.18. The maximum Gasteiger partial charge on any atom is 0.228 e. The molecule has 0 saturated carbocycles. The zero-order chi connectivity index (χ0) is 16.9. The molecule has 142 valence electrons. The summed E-state index contributed by atoms with van der Waals surface area (Å²) >= 11 is 0. The average Bonchev–Trinajstić information content (AvgIpc) is 2.61. The van der Waals surface area contributed by atoms with E-state index < -0.39 is 0 Å². The lowest BCUT2D eigenvalue weighted by molar-refractivity contribution is -0.120. The molecule has 0 bridgehead atoms. The molecule has 1 aromatic heterocycles. The molecule has 0 aliphatic carbocycles. The molecule has 7 heteroatoms. The summed E-state index contributed by atoms with van der Waals surface area (Å²) in [5.41, 5.74) is 2.97. The Morgan fingerprint density at radius 3 is 2.69 bits per heavy atom. The zero-order valence-corrected chi connectivity index (χ0v) is 16.6. The Morgan fingerprint density at radius 1 is 1.23 bits per heavy atom. The second kappa shape index (κ2) is 10.4. The number of nitrogens with zero attached hydrogens (tertiary/aromatic N) is 1. The van der Waals surface area contributed by atoms with Crippen molar-refractivity contribution in [2.75, 3.05) is 18.4 Å². The normalized spacial score (nSPS) is 16.0. The first kappa shape index (κ1) is 22.2. The predicted molar refractivity (Wildman–Crippen MR) is 109 cm³/mol. The first-order chi connectivity index (χ1) is 11.6. The third kappa shape index (κ3) is 5.59. The number of carbonyl (C=O) groups excluding carboxylic acids is 1. The fraction of sp³-hybridized carbons (Fsp3) is 0.368. The van der Waals surface area contributed by atoms with E-state index in [0.29, 0.717) is 11.6 Å². The van der Waals surface area contributed by atoms with E-state index in [4.69, 9.17) is 4.74 Å². The van der Waals surface area contributed by atoms with Gasteiger partial charge in [-0.15, -0.1) is 24.8 Å². The number of carbonyl (C=O) groups is 1. The Labute approximate surface area is 166 Å². The van der Waals surface area contributed by atoms with Crippen LogP contribution in [0.25, 0.3) is 0 Å². The molecular formula is C19H25Cl2N3O2. The number of aryl methyl sites for hydroxylation is 1. The third-order valence-corrected chi connectivity index (χ3v) is 4.44. The molecular weight excluding hydrogens is 373 g/mol. The van der Waals surface area contributed by atoms with Crippen molar-refractivity contribution in [3.63, 3.8) is 0 Å². The molecule has 2 N–H and O–H groups in total. The van der Waals surface area contributed by atoms with Gasteiger partial charge < -0.3 is 15.4 Å². The van der Waals surface area contributed by atoms with E-state index in [1.54, 1.807) is 12.3 Å². The van der Waals surface area contributed by atoms with Gasteiger partial charge in [-0.3, -0.25) is 4.79 Å². The molecule has 0 radical (unpaired) electrons. The minimum Gasteiger partial charge on any atom is -0.439 e. The van der Waals surface area contributed by atoms with E-state index in [0.717, 1.165) is 37.2 Å². The van der Waals surface area contributed by atoms with Gasteiger partial charge in [0.25, 0.3) is 0 Å². The molecule has 2 aromatic rings. The Morgan fingerprint density at radius 2 is 2.04 bits per heavy atom. The number of hydrogen-bond donors (Lipinski definition) is 2. The summed E-state index contributed by atoms with van der Waals surface area (Å²) in [6, 6.07) is 9.53. The standard InChI is InChI=1S/C19H23N3O2.2ClH/c1-13-5-3-7-17(14(13)2)24-18-9-8-16(12-21-18)22-19(23)15-6-4-10-20-11-15;;/h3,5,7-9,12,15,20H,4,6,10-11H2,1-2H3,(H,22,23);2*1H. The van der Waals surface area contributed by atoms with Gasteiger partial charge in [-0.2, -0.15) is 0 Å². The van der Waals surface area contributed by atoms with Gasteiger partial charge in [-0.1, -0.05) is 12.1 Å². The van der Waals surface area contributed by atoms with E-state index in [2.05, 4.69) is 15.6 Å². The van der Waals surface area contributed by atoms with E-state index in [1.165, 1.54) is 5.56 Å². The molecule has 1 atom stereocenters. The second-order valence-corrected chi connectivity index (χ2v) is 6.22. The van der Waals surface area contributed by atoms with Crippen LogP contribution in [0, 0.1) is 19.8 Å². The summed E-state index contributed by atoms with van der Waals surface area (Å²) < 4.78 is 5.83. The van der Waals surface area contributed by atoms with Crippen molar-refractivity contribution in [3.8, 4) is 11.6 Å². The summed E-state index contributed by atoms with van der Waals surface area (Å²) in [7, 11) is 0. The van der Waals surface area contributed by atoms with Crippen LogP contribution in [-0.4, -0.2) is 24.0 Å². The van der Waals surface area contributed by atoms with Crippen LogP contribution in [0.1, 0.15) is 24.0 Å². The minimum absolute atomic E-state index is 0. The molecule has 2 heterocycles. The fourth-order valence-electron chi connectivity index (χ4n) is 2.78. The third-order valence-electron chi connectivity index (χ3n) is 4.44. The Balaban J connectivity index is 0.00000169. The number of benzene rings is 1. The van der Waals surface area contributed by atoms with Gasteiger partial charge in [0.05, 0.1) is 17.8 Å². The molecule has 26 heavy (non-hydrogen) atoms. The van der Waals surface area contributed by atoms with E-state index in [1.807, 2.05) is 38.1 Å². The summed E-state index contributed by atoms with van der Waals surface area (Å²) in [6.45, 7) is 5.81. The van der Waals surface area contributed by atoms with Gasteiger partial charge in [0.1, 0.15) is 5.75 Å². The van der Waals surface area contributed by atoms with E-state index in [9.17, 15) is 4.79 Å². The van der Waals surface area contributed by atoms with Crippen LogP contribution in [0.2, 0.25) is 0 Å². The number of halogens is 2. The number of pyridine rings is 1. The average molecular weight is 398 g/mol. The Bertz CT molecular complexity index is 717. The van der Waals surface area contributed by atoms with Crippen molar-refractivity contribution in [2.24, 2.45) is 5.92 Å². The van der Waals surface area contributed by atoms with Crippen molar-refractivity contribution in [2.45, 2.75) is 26.7 Å². The lowest BCUT2D eigenvalue weighted by Gasteiger charge is -2.21. The zero-order valence-electron chi connectivity index (χ0n) is 15.0. The largest absolute Gasteiger partial charge is 0.439 e. The molecule has 1 unspecified atom stereocenters. The fourth-order valence-corrected chi connectivity index (χ4v) is 2.78. The van der Waals surface area contributed by atoms with E-state index >= 15 is 0 Å². The van der Waals surface area contributed by atoms with Crippen LogP contribution in [0.3, 0.4) is 0 Å². The lowest BCUT2D eigenvalue weighted by Crippen LogP contribution is -2.37. The minimum atomic E-state index is 0. The van der Waals surface area contributed by atoms with Crippen LogP contribution < -0.4 is 15.4 Å². The van der Waals surface area contributed by atoms with Crippen LogP contribution in [0.15, 0.2) is 36.5 Å². The maximum absolute atomic E-state index is 12.2. The van der Waals surface area contributed by atoms with Crippen molar-refractivity contribution < 1.29 is 9.53 Å². The first-order valence-electron chi connectivity index (χ1n) is 8.35. The number of aromatic nitrogens is 1. The van der Waals surface area contributed by atoms with Crippen molar-refractivity contribution in [3.05, 3.63) is 47.7 Å². The van der Waals surface area contributed by atoms with Gasteiger partial charge in [-0.05, 0) is 56.5 Å². The van der Waals surface area contributed by atoms with Crippen LogP contribution in [0.4, 0.5) is 5.69 Å². The van der Waals surface area contributed by atoms with Gasteiger partial charge in [0.2, 0.25) is 11.8 Å². The van der Waals surface area contributed by atoms with Crippen LogP contribution in [-0.2, 0) is 4.79 Å². The summed E-state index contributed by atoms with van der Waals surface area (Å²) in [4.78, 5) is 16.5. The molecule has 1 fully saturated rings. The second-order valence-electron chi connectivity index (χ2n) is 6.22. The SMILES string of the molecule is Cc1cccc(Oc2ccc(NC(=O)C3CCCNC3)cn2)c1C.Cl.Cl. The molecule has 1 aliphatic rings. The number of nitrogens with one attached hydrogen (secondary N) is 2. The van der Waals surface area contributed by atoms with Crippen molar-refractivity contribution >= 4 is 36.4 Å². The molecule has 1 amide bonds. The van der Waals surface area contributed by atoms with Gasteiger partial charge in [0.15, 0.2) is 0 Å². The molecule has 1 saturated heterocycles. The number of ether oxygens (including phenoxy) is 1. The Hall–Kier alpha value is -1.82. The topological polar surface area (TPSA) is 63.2 Å². The summed E-state index contributed by atoms with van der Waals surface area (Å²) in [5.74, 6) is 1.39. The van der Waals surface area contributed by atoms with Crippen molar-refractivity contribution in [1.29, 1.82) is 0 Å². The number of anilines is 1. The molecule has 3 rings (SSSR count). The molecule has 1 aliphatic heterocycles. The smallest absolute Gasteiger partial charge is 0.228 e. The summed E-state index contributed by atoms with van der Waals surface area (Å²) in [6.07, 6.45) is 3.60. The Kier molecular flexibility index (Phi) is 8.85. The van der Waals surface area contributed by atoms with Gasteiger partial charge in [-0.25, -0.2) is 4.98 Å². The monoisotopic (exact) mass is 397 g/mol. The predicted octanol–water partition coefficient (Wildman–Crippen LogP) is 4.27. The molecule has 1 aromatic carbocycles. The highest BCUT2D eigenvalue weighted by atomic mass is 35.5. The number of amides is 1. The highest BCUT2D eigenvalue weighted by molar-refractivity contribution is 5.92. The van der Waals surface area contributed by atoms with Crippen molar-refractivity contribution in [1.82, 2.24) is 10.3 Å². The molecule has 0 spiro atoms. The van der Waals surface area contributed by atoms with Crippen LogP contribution >= 0.6 is 24.8 Å². The lowest BCUT2D eigenvalue weighted by atomic mass is 9.99. The quantitative estimate of drug-likeness (QED) is 0.808. The van der Waals surface area contributed by atoms with E-state index in [-0.39, 0.29) is 36.6 Å². The molecule has 5 nitrogen and oxygen atoms in total. The number of hydrogen-bond acceptors (Lipinski definition) is 4. The number of piperidine rings is 1. The first-order valence-corrected chi connectivity index (χ1v) is 8.35. The highest BCUT2D eigenvalue weighted by Crippen LogP contribution is 2.26. The highest BCUT2D eigenvalue weighted by Gasteiger charge is 2.20. The van der Waals surface area contributed by atoms with Gasteiger partial charge >= 0.3 is 0 Å². The number of rotatable bonds is 4. The maximum atomic E-state index is 12.2. The van der Waals surface area contributed by atoms with Crippen LogP contribution in [0.5, 0.6) is 11.6 Å².